The Labute approximate surface area is 115 Å². The molecule has 1 fully saturated rings. The van der Waals surface area contributed by atoms with Crippen LogP contribution in [0.3, 0.4) is 0 Å². The van der Waals surface area contributed by atoms with Gasteiger partial charge in [0.2, 0.25) is 0 Å². The Morgan fingerprint density at radius 1 is 1.20 bits per heavy atom. The van der Waals surface area contributed by atoms with Gasteiger partial charge in [-0.05, 0) is 23.8 Å². The summed E-state index contributed by atoms with van der Waals surface area (Å²) in [6.07, 6.45) is 1.29. The minimum Gasteiger partial charge on any atom is -0.504 e. The first kappa shape index (κ1) is 13.9. The van der Waals surface area contributed by atoms with E-state index < -0.39 is 17.7 Å². The van der Waals surface area contributed by atoms with E-state index in [9.17, 15) is 14.7 Å². The van der Waals surface area contributed by atoms with Crippen molar-refractivity contribution in [2.24, 2.45) is 0 Å². The Hall–Kier alpha value is -2.50. The highest BCUT2D eigenvalue weighted by molar-refractivity contribution is 6.18. The maximum absolute atomic E-state index is 11.8. The molecule has 1 aromatic rings. The number of methoxy groups -OCH3 is 1. The van der Waals surface area contributed by atoms with E-state index in [1.54, 1.807) is 6.07 Å². The van der Waals surface area contributed by atoms with Crippen molar-refractivity contribution in [2.45, 2.75) is 19.6 Å². The number of rotatable bonds is 2. The first-order valence-corrected chi connectivity index (χ1v) is 5.88. The molecule has 20 heavy (non-hydrogen) atoms. The first-order valence-electron chi connectivity index (χ1n) is 5.88. The Morgan fingerprint density at radius 3 is 2.30 bits per heavy atom. The normalized spacial score (nSPS) is 17.2. The molecule has 6 heteroatoms. The second-order valence-electron chi connectivity index (χ2n) is 4.67. The molecule has 0 spiro atoms. The summed E-state index contributed by atoms with van der Waals surface area (Å²) >= 11 is 0. The molecule has 6 nitrogen and oxygen atoms in total. The topological polar surface area (TPSA) is 82.1 Å². The minimum absolute atomic E-state index is 0.0975. The fraction of sp³-hybridized carbons (Fsp3) is 0.286. The zero-order valence-corrected chi connectivity index (χ0v) is 11.3. The van der Waals surface area contributed by atoms with Gasteiger partial charge in [0.15, 0.2) is 11.5 Å². The van der Waals surface area contributed by atoms with Crippen LogP contribution < -0.4 is 4.74 Å². The highest BCUT2D eigenvalue weighted by atomic mass is 16.7. The number of carbonyl (C=O) groups is 2. The van der Waals surface area contributed by atoms with Crippen molar-refractivity contribution in [2.75, 3.05) is 7.11 Å². The molecule has 0 unspecified atom stereocenters. The highest BCUT2D eigenvalue weighted by Crippen LogP contribution is 2.29. The molecule has 0 bridgehead atoms. The number of phenols is 1. The van der Waals surface area contributed by atoms with Crippen molar-refractivity contribution in [3.63, 3.8) is 0 Å². The van der Waals surface area contributed by atoms with Gasteiger partial charge in [0.25, 0.3) is 5.79 Å². The number of hydrogen-bond acceptors (Lipinski definition) is 6. The van der Waals surface area contributed by atoms with Gasteiger partial charge in [-0.2, -0.15) is 0 Å². The van der Waals surface area contributed by atoms with Crippen LogP contribution in [0.25, 0.3) is 6.08 Å². The fourth-order valence-electron chi connectivity index (χ4n) is 1.74. The number of cyclic esters (lactones) is 2. The van der Waals surface area contributed by atoms with Gasteiger partial charge >= 0.3 is 11.9 Å². The third-order valence-electron chi connectivity index (χ3n) is 2.63. The summed E-state index contributed by atoms with van der Waals surface area (Å²) in [4.78, 5) is 23.5. The molecule has 0 saturated carbocycles. The average Bonchev–Trinajstić information content (AvgIpc) is 2.33. The van der Waals surface area contributed by atoms with Crippen LogP contribution in [0.5, 0.6) is 11.5 Å². The summed E-state index contributed by atoms with van der Waals surface area (Å²) in [5.74, 6) is -2.60. The number of esters is 2. The van der Waals surface area contributed by atoms with Gasteiger partial charge in [0.05, 0.1) is 7.11 Å². The van der Waals surface area contributed by atoms with Crippen molar-refractivity contribution in [3.05, 3.63) is 29.3 Å². The van der Waals surface area contributed by atoms with Gasteiger partial charge in [-0.25, -0.2) is 9.59 Å². The Morgan fingerprint density at radius 2 is 1.80 bits per heavy atom. The number of aromatic hydroxyl groups is 1. The summed E-state index contributed by atoms with van der Waals surface area (Å²) in [7, 11) is 1.42. The van der Waals surface area contributed by atoms with Crippen molar-refractivity contribution >= 4 is 18.0 Å². The third-order valence-corrected chi connectivity index (χ3v) is 2.63. The average molecular weight is 278 g/mol. The lowest BCUT2D eigenvalue weighted by Gasteiger charge is -2.29. The maximum Gasteiger partial charge on any atom is 0.348 e. The minimum atomic E-state index is -1.27. The highest BCUT2D eigenvalue weighted by Gasteiger charge is 2.38. The summed E-state index contributed by atoms with van der Waals surface area (Å²) in [6.45, 7) is 2.94. The molecule has 1 aliphatic heterocycles. The van der Waals surface area contributed by atoms with Crippen molar-refractivity contribution in [3.8, 4) is 11.5 Å². The molecule has 0 atom stereocenters. The Balaban J connectivity index is 2.33. The van der Waals surface area contributed by atoms with Gasteiger partial charge in [0.1, 0.15) is 5.57 Å². The van der Waals surface area contributed by atoms with E-state index in [-0.39, 0.29) is 11.3 Å². The second kappa shape index (κ2) is 4.88. The van der Waals surface area contributed by atoms with Crippen molar-refractivity contribution < 1.29 is 28.9 Å². The van der Waals surface area contributed by atoms with Crippen LogP contribution in [0.1, 0.15) is 19.4 Å². The largest absolute Gasteiger partial charge is 0.504 e. The van der Waals surface area contributed by atoms with E-state index >= 15 is 0 Å². The summed E-state index contributed by atoms with van der Waals surface area (Å²) in [6, 6.07) is 4.48. The zero-order valence-electron chi connectivity index (χ0n) is 11.3. The smallest absolute Gasteiger partial charge is 0.348 e. The quantitative estimate of drug-likeness (QED) is 0.503. The molecule has 1 aromatic carbocycles. The lowest BCUT2D eigenvalue weighted by atomic mass is 10.1. The van der Waals surface area contributed by atoms with E-state index in [0.29, 0.717) is 11.3 Å². The van der Waals surface area contributed by atoms with Crippen LogP contribution in [0.2, 0.25) is 0 Å². The van der Waals surface area contributed by atoms with Crippen LogP contribution in [0, 0.1) is 0 Å². The predicted molar refractivity (Wildman–Crippen MR) is 68.9 cm³/mol. The molecule has 0 aromatic heterocycles. The molecule has 1 aliphatic rings. The molecule has 106 valence electrons. The van der Waals surface area contributed by atoms with Crippen LogP contribution in [0.15, 0.2) is 23.8 Å². The maximum atomic E-state index is 11.8. The molecular weight excluding hydrogens is 264 g/mol. The standard InChI is InChI=1S/C14H14O6/c1-14(2)19-12(16)9(13(17)20-14)6-8-4-5-11(18-3)10(15)7-8/h4-7,15H,1-3H3. The zero-order chi connectivity index (χ0) is 14.9. The van der Waals surface area contributed by atoms with Crippen LogP contribution in [0.4, 0.5) is 0 Å². The van der Waals surface area contributed by atoms with Crippen molar-refractivity contribution in [1.29, 1.82) is 0 Å². The van der Waals surface area contributed by atoms with E-state index in [1.807, 2.05) is 0 Å². The first-order chi connectivity index (χ1) is 9.32. The van der Waals surface area contributed by atoms with Gasteiger partial charge in [-0.15, -0.1) is 0 Å². The number of hydrogen-bond donors (Lipinski definition) is 1. The molecule has 1 N–H and O–H groups in total. The monoisotopic (exact) mass is 278 g/mol. The van der Waals surface area contributed by atoms with E-state index in [1.165, 1.54) is 39.2 Å². The van der Waals surface area contributed by atoms with Crippen LogP contribution in [-0.4, -0.2) is 29.9 Å². The van der Waals surface area contributed by atoms with E-state index in [4.69, 9.17) is 14.2 Å². The molecule has 0 amide bonds. The third kappa shape index (κ3) is 2.74. The molecule has 1 heterocycles. The summed E-state index contributed by atoms with van der Waals surface area (Å²) in [5.41, 5.74) is 0.223. The fourth-order valence-corrected chi connectivity index (χ4v) is 1.74. The van der Waals surface area contributed by atoms with Gasteiger partial charge in [-0.3, -0.25) is 0 Å². The predicted octanol–water partition coefficient (Wildman–Crippen LogP) is 1.62. The van der Waals surface area contributed by atoms with E-state index in [2.05, 4.69) is 0 Å². The van der Waals surface area contributed by atoms with Crippen LogP contribution >= 0.6 is 0 Å². The van der Waals surface area contributed by atoms with Crippen LogP contribution in [-0.2, 0) is 19.1 Å². The summed E-state index contributed by atoms with van der Waals surface area (Å²) in [5, 5.41) is 9.65. The molecule has 0 radical (unpaired) electrons. The molecule has 1 saturated heterocycles. The Kier molecular flexibility index (Phi) is 3.40. The number of phenolic OH excluding ortho intramolecular Hbond substituents is 1. The molecule has 0 aliphatic carbocycles. The lowest BCUT2D eigenvalue weighted by Crippen LogP contribution is -2.41. The number of carbonyl (C=O) groups excluding carboxylic acids is 2. The second-order valence-corrected chi connectivity index (χ2v) is 4.67. The SMILES string of the molecule is COc1ccc(C=C2C(=O)OC(C)(C)OC2=O)cc1O. The number of benzene rings is 1. The lowest BCUT2D eigenvalue weighted by molar-refractivity contribution is -0.222. The summed E-state index contributed by atoms with van der Waals surface area (Å²) < 4.78 is 14.8. The number of ether oxygens (including phenoxy) is 3. The van der Waals surface area contributed by atoms with E-state index in [0.717, 1.165) is 0 Å². The Bertz CT molecular complexity index is 578. The van der Waals surface area contributed by atoms with Crippen molar-refractivity contribution in [1.82, 2.24) is 0 Å². The molecular formula is C14H14O6. The van der Waals surface area contributed by atoms with Gasteiger partial charge in [0, 0.05) is 13.8 Å². The van der Waals surface area contributed by atoms with Gasteiger partial charge < -0.3 is 19.3 Å². The molecule has 2 rings (SSSR count). The van der Waals surface area contributed by atoms with Gasteiger partial charge in [-0.1, -0.05) is 6.07 Å².